The first-order valence-electron chi connectivity index (χ1n) is 5.68. The highest BCUT2D eigenvalue weighted by Gasteiger charge is 2.12. The summed E-state index contributed by atoms with van der Waals surface area (Å²) in [6.45, 7) is 0.503. The maximum absolute atomic E-state index is 12.9. The van der Waals surface area contributed by atoms with Crippen LogP contribution in [0.25, 0.3) is 0 Å². The van der Waals surface area contributed by atoms with E-state index in [4.69, 9.17) is 5.11 Å². The Balaban J connectivity index is 2.02. The summed E-state index contributed by atoms with van der Waals surface area (Å²) in [4.78, 5) is 18.6. The normalized spacial score (nSPS) is 10.2. The summed E-state index contributed by atoms with van der Waals surface area (Å²) in [5.41, 5.74) is 0.899. The average molecular weight is 261 g/mol. The molecule has 0 saturated carbocycles. The third kappa shape index (κ3) is 3.48. The number of pyridine rings is 2. The molecule has 19 heavy (non-hydrogen) atoms. The number of nitrogens with zero attached hydrogens (tertiary/aromatic N) is 2. The highest BCUT2D eigenvalue weighted by atomic mass is 19.1. The van der Waals surface area contributed by atoms with E-state index in [1.54, 1.807) is 12.4 Å². The second-order valence-electron chi connectivity index (χ2n) is 3.89. The summed E-state index contributed by atoms with van der Waals surface area (Å²) in [6.07, 6.45) is 5.06. The topological polar surface area (TPSA) is 75.1 Å². The molecule has 0 aromatic carbocycles. The Bertz CT molecular complexity index is 575. The Labute approximate surface area is 109 Å². The zero-order valence-electron chi connectivity index (χ0n) is 10.0. The van der Waals surface area contributed by atoms with Crippen LogP contribution in [-0.4, -0.2) is 27.6 Å². The smallest absolute Gasteiger partial charge is 0.339 e. The first-order chi connectivity index (χ1) is 9.16. The summed E-state index contributed by atoms with van der Waals surface area (Å²) >= 11 is 0. The zero-order chi connectivity index (χ0) is 13.7. The van der Waals surface area contributed by atoms with Gasteiger partial charge in [-0.05, 0) is 30.2 Å². The second-order valence-corrected chi connectivity index (χ2v) is 3.89. The van der Waals surface area contributed by atoms with Crippen LogP contribution in [0.1, 0.15) is 15.9 Å². The van der Waals surface area contributed by atoms with Crippen LogP contribution < -0.4 is 5.32 Å². The van der Waals surface area contributed by atoms with Crippen molar-refractivity contribution in [2.24, 2.45) is 0 Å². The average Bonchev–Trinajstić information content (AvgIpc) is 2.41. The number of carbonyl (C=O) groups is 1. The lowest BCUT2D eigenvalue weighted by Gasteiger charge is -2.08. The first-order valence-corrected chi connectivity index (χ1v) is 5.68. The molecule has 2 rings (SSSR count). The van der Waals surface area contributed by atoms with E-state index in [0.29, 0.717) is 13.0 Å². The van der Waals surface area contributed by atoms with Crippen LogP contribution in [0, 0.1) is 5.82 Å². The van der Waals surface area contributed by atoms with Gasteiger partial charge in [0.2, 0.25) is 0 Å². The molecule has 0 bridgehead atoms. The molecule has 2 heterocycles. The van der Waals surface area contributed by atoms with E-state index in [-0.39, 0.29) is 11.4 Å². The minimum absolute atomic E-state index is 0.169. The van der Waals surface area contributed by atoms with Crippen molar-refractivity contribution < 1.29 is 14.3 Å². The molecule has 0 radical (unpaired) electrons. The SMILES string of the molecule is O=C(O)c1cc(F)cnc1NCCc1ccncc1. The first kappa shape index (κ1) is 12.9. The molecule has 0 atom stereocenters. The molecule has 0 aliphatic carbocycles. The molecule has 0 aliphatic heterocycles. The van der Waals surface area contributed by atoms with Gasteiger partial charge in [0.05, 0.1) is 6.20 Å². The fourth-order valence-electron chi connectivity index (χ4n) is 1.62. The maximum Gasteiger partial charge on any atom is 0.339 e. The van der Waals surface area contributed by atoms with Gasteiger partial charge in [0.15, 0.2) is 0 Å². The van der Waals surface area contributed by atoms with Crippen LogP contribution in [0.4, 0.5) is 10.2 Å². The van der Waals surface area contributed by atoms with Gasteiger partial charge < -0.3 is 10.4 Å². The van der Waals surface area contributed by atoms with Crippen molar-refractivity contribution in [3.63, 3.8) is 0 Å². The summed E-state index contributed by atoms with van der Waals surface area (Å²) in [7, 11) is 0. The molecule has 0 unspecified atom stereocenters. The maximum atomic E-state index is 12.9. The molecule has 0 saturated heterocycles. The molecule has 0 fully saturated rings. The Kier molecular flexibility index (Phi) is 4.02. The summed E-state index contributed by atoms with van der Waals surface area (Å²) in [6, 6.07) is 4.69. The number of hydrogen-bond donors (Lipinski definition) is 2. The summed E-state index contributed by atoms with van der Waals surface area (Å²) in [5, 5.41) is 11.8. The standard InChI is InChI=1S/C13H12FN3O2/c14-10-7-11(13(18)19)12(17-8-10)16-6-3-9-1-4-15-5-2-9/h1-2,4-5,7-8H,3,6H2,(H,16,17)(H,18,19). The molecule has 2 aromatic rings. The lowest BCUT2D eigenvalue weighted by atomic mass is 10.2. The van der Waals surface area contributed by atoms with Crippen molar-refractivity contribution in [2.75, 3.05) is 11.9 Å². The van der Waals surface area contributed by atoms with E-state index in [1.807, 2.05) is 12.1 Å². The van der Waals surface area contributed by atoms with Crippen LogP contribution >= 0.6 is 0 Å². The highest BCUT2D eigenvalue weighted by Crippen LogP contribution is 2.13. The number of rotatable bonds is 5. The van der Waals surface area contributed by atoms with Crippen molar-refractivity contribution in [1.82, 2.24) is 9.97 Å². The van der Waals surface area contributed by atoms with Gasteiger partial charge in [-0.15, -0.1) is 0 Å². The van der Waals surface area contributed by atoms with Crippen molar-refractivity contribution >= 4 is 11.8 Å². The Morgan fingerprint density at radius 2 is 2.11 bits per heavy atom. The Morgan fingerprint density at radius 1 is 1.37 bits per heavy atom. The number of aromatic nitrogens is 2. The fourth-order valence-corrected chi connectivity index (χ4v) is 1.62. The number of halogens is 1. The van der Waals surface area contributed by atoms with Crippen LogP contribution in [-0.2, 0) is 6.42 Å². The fraction of sp³-hybridized carbons (Fsp3) is 0.154. The van der Waals surface area contributed by atoms with E-state index >= 15 is 0 Å². The van der Waals surface area contributed by atoms with E-state index in [2.05, 4.69) is 15.3 Å². The van der Waals surface area contributed by atoms with Crippen LogP contribution in [0.15, 0.2) is 36.8 Å². The molecular formula is C13H12FN3O2. The molecule has 2 N–H and O–H groups in total. The van der Waals surface area contributed by atoms with Gasteiger partial charge in [-0.2, -0.15) is 0 Å². The predicted octanol–water partition coefficient (Wildman–Crippen LogP) is 1.97. The number of carboxylic acid groups (broad SMARTS) is 1. The van der Waals surface area contributed by atoms with Crippen LogP contribution in [0.5, 0.6) is 0 Å². The summed E-state index contributed by atoms with van der Waals surface area (Å²) < 4.78 is 12.9. The lowest BCUT2D eigenvalue weighted by Crippen LogP contribution is -2.11. The quantitative estimate of drug-likeness (QED) is 0.860. The van der Waals surface area contributed by atoms with E-state index < -0.39 is 11.8 Å². The Morgan fingerprint density at radius 3 is 2.79 bits per heavy atom. The van der Waals surface area contributed by atoms with Gasteiger partial charge in [0.1, 0.15) is 17.2 Å². The second kappa shape index (κ2) is 5.90. The van der Waals surface area contributed by atoms with Gasteiger partial charge in [-0.25, -0.2) is 14.2 Å². The number of hydrogen-bond acceptors (Lipinski definition) is 4. The van der Waals surface area contributed by atoms with E-state index in [9.17, 15) is 9.18 Å². The third-order valence-electron chi connectivity index (χ3n) is 2.54. The van der Waals surface area contributed by atoms with Crippen molar-refractivity contribution in [1.29, 1.82) is 0 Å². The van der Waals surface area contributed by atoms with Crippen molar-refractivity contribution in [3.8, 4) is 0 Å². The molecule has 0 amide bonds. The predicted molar refractivity (Wildman–Crippen MR) is 67.6 cm³/mol. The van der Waals surface area contributed by atoms with Gasteiger partial charge >= 0.3 is 5.97 Å². The van der Waals surface area contributed by atoms with Crippen molar-refractivity contribution in [3.05, 3.63) is 53.7 Å². The van der Waals surface area contributed by atoms with Crippen LogP contribution in [0.3, 0.4) is 0 Å². The number of aromatic carboxylic acids is 1. The molecule has 5 nitrogen and oxygen atoms in total. The number of anilines is 1. The van der Waals surface area contributed by atoms with Crippen LogP contribution in [0.2, 0.25) is 0 Å². The molecule has 0 spiro atoms. The van der Waals surface area contributed by atoms with E-state index in [0.717, 1.165) is 17.8 Å². The number of nitrogens with one attached hydrogen (secondary N) is 1. The lowest BCUT2D eigenvalue weighted by molar-refractivity contribution is 0.0697. The van der Waals surface area contributed by atoms with Gasteiger partial charge in [-0.3, -0.25) is 4.98 Å². The largest absolute Gasteiger partial charge is 0.478 e. The van der Waals surface area contributed by atoms with Crippen molar-refractivity contribution in [2.45, 2.75) is 6.42 Å². The molecular weight excluding hydrogens is 249 g/mol. The molecule has 98 valence electrons. The Hall–Kier alpha value is -2.50. The molecule has 2 aromatic heterocycles. The summed E-state index contributed by atoms with van der Waals surface area (Å²) in [5.74, 6) is -1.71. The zero-order valence-corrected chi connectivity index (χ0v) is 10.0. The minimum Gasteiger partial charge on any atom is -0.478 e. The monoisotopic (exact) mass is 261 g/mol. The third-order valence-corrected chi connectivity index (χ3v) is 2.54. The minimum atomic E-state index is -1.21. The van der Waals surface area contributed by atoms with E-state index in [1.165, 1.54) is 0 Å². The molecule has 0 aliphatic rings. The highest BCUT2D eigenvalue weighted by molar-refractivity contribution is 5.93. The van der Waals surface area contributed by atoms with Gasteiger partial charge in [-0.1, -0.05) is 0 Å². The van der Waals surface area contributed by atoms with Gasteiger partial charge in [0.25, 0.3) is 0 Å². The van der Waals surface area contributed by atoms with Gasteiger partial charge in [0, 0.05) is 18.9 Å². The molecule has 6 heteroatoms. The number of carboxylic acids is 1.